The van der Waals surface area contributed by atoms with Gasteiger partial charge in [-0.05, 0) is 38.5 Å². The summed E-state index contributed by atoms with van der Waals surface area (Å²) in [6.07, 6.45) is 11.9. The third-order valence-electron chi connectivity index (χ3n) is 3.26. The summed E-state index contributed by atoms with van der Waals surface area (Å²) in [4.78, 5) is 2.06. The summed E-state index contributed by atoms with van der Waals surface area (Å²) in [5, 5.41) is 6.68. The van der Waals surface area contributed by atoms with Gasteiger partial charge in [-0.25, -0.2) is 0 Å². The van der Waals surface area contributed by atoms with Crippen molar-refractivity contribution in [3.05, 3.63) is 0 Å². The summed E-state index contributed by atoms with van der Waals surface area (Å²) in [5.41, 5.74) is 0. The van der Waals surface area contributed by atoms with Crippen LogP contribution < -0.4 is 10.6 Å². The quantitative estimate of drug-likeness (QED) is 0.378. The van der Waals surface area contributed by atoms with Crippen molar-refractivity contribution in [3.8, 4) is 0 Å². The molecule has 0 aromatic carbocycles. The molecule has 118 valence electrons. The van der Waals surface area contributed by atoms with Crippen LogP contribution in [0.5, 0.6) is 0 Å². The monoisotopic (exact) mass is 316 g/mol. The van der Waals surface area contributed by atoms with E-state index in [2.05, 4.69) is 24.5 Å². The highest BCUT2D eigenvalue weighted by molar-refractivity contribution is 7.80. The van der Waals surface area contributed by atoms with Crippen LogP contribution in [0.15, 0.2) is 0 Å². The molecule has 0 aliphatic rings. The predicted octanol–water partition coefficient (Wildman–Crippen LogP) is 4.76. The minimum absolute atomic E-state index is 0.995. The number of nitrogens with one attached hydrogen (secondary N) is 2. The lowest BCUT2D eigenvalue weighted by Gasteiger charge is -2.09. The molecule has 0 aromatic rings. The molecule has 2 N–H and O–H groups in total. The van der Waals surface area contributed by atoms with Crippen molar-refractivity contribution in [1.82, 2.24) is 10.6 Å². The van der Waals surface area contributed by atoms with Gasteiger partial charge in [0.25, 0.3) is 0 Å². The summed E-state index contributed by atoms with van der Waals surface area (Å²) >= 11 is 10.6. The van der Waals surface area contributed by atoms with E-state index >= 15 is 0 Å². The third kappa shape index (κ3) is 14.2. The number of rotatable bonds is 13. The van der Waals surface area contributed by atoms with E-state index in [0.29, 0.717) is 0 Å². The Morgan fingerprint density at radius 3 is 1.40 bits per heavy atom. The van der Waals surface area contributed by atoms with Gasteiger partial charge in [-0.15, -0.1) is 0 Å². The molecule has 0 saturated heterocycles. The maximum atomic E-state index is 5.30. The number of hydrogen-bond acceptors (Lipinski definition) is 2. The maximum absolute atomic E-state index is 5.30. The summed E-state index contributed by atoms with van der Waals surface area (Å²) in [5.74, 6) is 0. The highest BCUT2D eigenvalue weighted by Gasteiger charge is 1.97. The molecule has 0 fully saturated rings. The first-order chi connectivity index (χ1) is 9.70. The molecular formula is C16H32N2S2. The van der Waals surface area contributed by atoms with Crippen molar-refractivity contribution < 1.29 is 0 Å². The van der Waals surface area contributed by atoms with Crippen molar-refractivity contribution in [2.45, 2.75) is 78.1 Å². The maximum Gasteiger partial charge on any atom is 0.0753 e. The average Bonchev–Trinajstić information content (AvgIpc) is 2.43. The Labute approximate surface area is 136 Å². The molecule has 0 heterocycles. The molecular weight excluding hydrogens is 284 g/mol. The smallest absolute Gasteiger partial charge is 0.0753 e. The number of thiocarbonyl (C=S) groups is 2. The molecule has 0 radical (unpaired) electrons. The van der Waals surface area contributed by atoms with E-state index in [1.165, 1.54) is 38.5 Å². The van der Waals surface area contributed by atoms with E-state index < -0.39 is 0 Å². The van der Waals surface area contributed by atoms with Crippen LogP contribution >= 0.6 is 24.4 Å². The van der Waals surface area contributed by atoms with Gasteiger partial charge in [0.05, 0.1) is 9.98 Å². The normalized spacial score (nSPS) is 10.3. The first kappa shape index (κ1) is 19.8. The lowest BCUT2D eigenvalue weighted by atomic mass is 10.2. The molecule has 0 aliphatic heterocycles. The van der Waals surface area contributed by atoms with E-state index in [1.54, 1.807) is 0 Å². The van der Waals surface area contributed by atoms with Crippen LogP contribution in [-0.4, -0.2) is 23.1 Å². The van der Waals surface area contributed by atoms with E-state index in [1.807, 2.05) is 0 Å². The molecule has 0 unspecified atom stereocenters. The van der Waals surface area contributed by atoms with Crippen molar-refractivity contribution in [1.29, 1.82) is 0 Å². The van der Waals surface area contributed by atoms with Gasteiger partial charge < -0.3 is 10.6 Å². The van der Waals surface area contributed by atoms with Crippen molar-refractivity contribution in [2.24, 2.45) is 0 Å². The molecule has 4 heteroatoms. The van der Waals surface area contributed by atoms with Gasteiger partial charge in [0.2, 0.25) is 0 Å². The fourth-order valence-corrected chi connectivity index (χ4v) is 2.45. The van der Waals surface area contributed by atoms with Crippen LogP contribution in [0.2, 0.25) is 0 Å². The predicted molar refractivity (Wildman–Crippen MR) is 98.7 cm³/mol. The summed E-state index contributed by atoms with van der Waals surface area (Å²) in [6.45, 7) is 6.43. The molecule has 0 spiro atoms. The second kappa shape index (κ2) is 15.2. The van der Waals surface area contributed by atoms with E-state index in [9.17, 15) is 0 Å². The zero-order valence-corrected chi connectivity index (χ0v) is 14.9. The van der Waals surface area contributed by atoms with Gasteiger partial charge in [0, 0.05) is 13.1 Å². The van der Waals surface area contributed by atoms with Crippen molar-refractivity contribution >= 4 is 34.4 Å². The van der Waals surface area contributed by atoms with Gasteiger partial charge in [0.15, 0.2) is 0 Å². The van der Waals surface area contributed by atoms with Gasteiger partial charge in [-0.3, -0.25) is 0 Å². The number of unbranched alkanes of at least 4 members (excludes halogenated alkanes) is 5. The second-order valence-corrected chi connectivity index (χ2v) is 6.31. The molecule has 0 bridgehead atoms. The van der Waals surface area contributed by atoms with E-state index in [0.717, 1.165) is 48.7 Å². The van der Waals surface area contributed by atoms with Crippen LogP contribution in [-0.2, 0) is 0 Å². The Hall–Kier alpha value is -0.220. The number of hydrogen-bond donors (Lipinski definition) is 2. The zero-order valence-electron chi connectivity index (χ0n) is 13.3. The summed E-state index contributed by atoms with van der Waals surface area (Å²) < 4.78 is 0. The van der Waals surface area contributed by atoms with Crippen LogP contribution in [0.1, 0.15) is 78.1 Å². The molecule has 20 heavy (non-hydrogen) atoms. The van der Waals surface area contributed by atoms with E-state index in [4.69, 9.17) is 24.4 Å². The summed E-state index contributed by atoms with van der Waals surface area (Å²) in [7, 11) is 0. The SMILES string of the molecule is CCCCCC(=S)NCCCCNC(=S)CCCCC. The molecule has 0 saturated carbocycles. The second-order valence-electron chi connectivity index (χ2n) is 5.32. The fourth-order valence-electron chi connectivity index (χ4n) is 1.95. The zero-order chi connectivity index (χ0) is 15.1. The highest BCUT2D eigenvalue weighted by Crippen LogP contribution is 2.01. The molecule has 2 nitrogen and oxygen atoms in total. The van der Waals surface area contributed by atoms with Gasteiger partial charge >= 0.3 is 0 Å². The van der Waals surface area contributed by atoms with Crippen molar-refractivity contribution in [2.75, 3.05) is 13.1 Å². The van der Waals surface area contributed by atoms with Crippen LogP contribution in [0.3, 0.4) is 0 Å². The first-order valence-corrected chi connectivity index (χ1v) is 9.05. The van der Waals surface area contributed by atoms with Crippen LogP contribution in [0.25, 0.3) is 0 Å². The van der Waals surface area contributed by atoms with Gasteiger partial charge in [-0.2, -0.15) is 0 Å². The fraction of sp³-hybridized carbons (Fsp3) is 0.875. The Balaban J connectivity index is 3.27. The lowest BCUT2D eigenvalue weighted by molar-refractivity contribution is 0.674. The Bertz CT molecular complexity index is 229. The average molecular weight is 317 g/mol. The minimum atomic E-state index is 0.995. The van der Waals surface area contributed by atoms with E-state index in [-0.39, 0.29) is 0 Å². The summed E-state index contributed by atoms with van der Waals surface area (Å²) in [6, 6.07) is 0. The highest BCUT2D eigenvalue weighted by atomic mass is 32.1. The van der Waals surface area contributed by atoms with Gasteiger partial charge in [-0.1, -0.05) is 64.0 Å². The Morgan fingerprint density at radius 1 is 0.650 bits per heavy atom. The Kier molecular flexibility index (Phi) is 15.0. The standard InChI is InChI=1S/C16H32N2S2/c1-3-5-7-11-15(19)17-13-9-10-14-18-16(20)12-8-6-4-2/h3-14H2,1-2H3,(H,17,19)(H,18,20). The third-order valence-corrected chi connectivity index (χ3v) is 3.96. The lowest BCUT2D eigenvalue weighted by Crippen LogP contribution is -2.25. The first-order valence-electron chi connectivity index (χ1n) is 8.24. The largest absolute Gasteiger partial charge is 0.380 e. The topological polar surface area (TPSA) is 24.1 Å². The Morgan fingerprint density at radius 2 is 1.05 bits per heavy atom. The van der Waals surface area contributed by atoms with Crippen LogP contribution in [0, 0.1) is 0 Å². The van der Waals surface area contributed by atoms with Crippen LogP contribution in [0.4, 0.5) is 0 Å². The van der Waals surface area contributed by atoms with Gasteiger partial charge in [0.1, 0.15) is 0 Å². The van der Waals surface area contributed by atoms with Crippen molar-refractivity contribution in [3.63, 3.8) is 0 Å². The molecule has 0 rings (SSSR count). The molecule has 0 aromatic heterocycles. The molecule has 0 amide bonds. The minimum Gasteiger partial charge on any atom is -0.380 e. The molecule has 0 aliphatic carbocycles. The molecule has 0 atom stereocenters.